The Balaban J connectivity index is 2.52. The average Bonchev–Trinajstić information content (AvgIpc) is 2.88. The third-order valence-corrected chi connectivity index (χ3v) is 4.09. The molecule has 0 aliphatic carbocycles. The van der Waals surface area contributed by atoms with E-state index in [4.69, 9.17) is 12.2 Å². The van der Waals surface area contributed by atoms with Crippen molar-refractivity contribution < 1.29 is 0 Å². The Morgan fingerprint density at radius 3 is 2.88 bits per heavy atom. The second-order valence-electron chi connectivity index (χ2n) is 4.43. The monoisotopic (exact) mass is 268 g/mol. The van der Waals surface area contributed by atoms with Crippen LogP contribution in [0.2, 0.25) is 0 Å². The number of nitrogens with zero attached hydrogens (tertiary/aromatic N) is 3. The lowest BCUT2D eigenvalue weighted by Crippen LogP contribution is -2.29. The molecular weight excluding hydrogens is 252 g/mol. The number of aromatic amines is 1. The molecule has 0 unspecified atom stereocenters. The molecule has 0 aliphatic rings. The van der Waals surface area contributed by atoms with Gasteiger partial charge in [0.2, 0.25) is 0 Å². The lowest BCUT2D eigenvalue weighted by molar-refractivity contribution is 0.411. The van der Waals surface area contributed by atoms with Crippen molar-refractivity contribution in [3.05, 3.63) is 27.2 Å². The maximum absolute atomic E-state index is 5.33. The number of aromatic nitrogens is 4. The predicted octanol–water partition coefficient (Wildman–Crippen LogP) is 3.13. The zero-order chi connectivity index (χ0) is 12.5. The van der Waals surface area contributed by atoms with Crippen LogP contribution in [0.4, 0.5) is 0 Å². The summed E-state index contributed by atoms with van der Waals surface area (Å²) in [4.78, 5) is 4.40. The lowest BCUT2D eigenvalue weighted by atomic mass is 10.1. The Kier molecular flexibility index (Phi) is 3.44. The Labute approximate surface area is 110 Å². The molecule has 0 aliphatic heterocycles. The van der Waals surface area contributed by atoms with E-state index >= 15 is 0 Å². The quantitative estimate of drug-likeness (QED) is 0.867. The number of hydrogen-bond donors (Lipinski definition) is 1. The fraction of sp³-hybridized carbons (Fsp3) is 0.545. The van der Waals surface area contributed by atoms with Gasteiger partial charge in [-0.2, -0.15) is 5.10 Å². The van der Waals surface area contributed by atoms with E-state index in [9.17, 15) is 0 Å². The van der Waals surface area contributed by atoms with Gasteiger partial charge in [-0.1, -0.05) is 6.92 Å². The number of H-pyrrole nitrogens is 1. The number of thiazole rings is 1. The van der Waals surface area contributed by atoms with Crippen LogP contribution in [-0.4, -0.2) is 19.7 Å². The molecule has 2 heterocycles. The Morgan fingerprint density at radius 1 is 1.53 bits per heavy atom. The zero-order valence-electron chi connectivity index (χ0n) is 10.2. The number of aryl methyl sites for hydroxylation is 1. The molecule has 0 saturated heterocycles. The van der Waals surface area contributed by atoms with Gasteiger partial charge in [-0.15, -0.1) is 11.3 Å². The van der Waals surface area contributed by atoms with E-state index in [-0.39, 0.29) is 5.54 Å². The summed E-state index contributed by atoms with van der Waals surface area (Å²) in [5.74, 6) is 0.998. The van der Waals surface area contributed by atoms with Crippen molar-refractivity contribution in [1.29, 1.82) is 0 Å². The summed E-state index contributed by atoms with van der Waals surface area (Å²) in [5.41, 5.74) is -0.247. The van der Waals surface area contributed by atoms with Crippen molar-refractivity contribution in [2.45, 2.75) is 39.2 Å². The summed E-state index contributed by atoms with van der Waals surface area (Å²) in [7, 11) is 0. The van der Waals surface area contributed by atoms with Crippen molar-refractivity contribution >= 4 is 23.6 Å². The molecule has 0 spiro atoms. The van der Waals surface area contributed by atoms with E-state index in [0.29, 0.717) is 4.77 Å². The van der Waals surface area contributed by atoms with Gasteiger partial charge in [0.25, 0.3) is 0 Å². The van der Waals surface area contributed by atoms with E-state index < -0.39 is 0 Å². The zero-order valence-corrected chi connectivity index (χ0v) is 11.9. The molecule has 17 heavy (non-hydrogen) atoms. The molecule has 0 amide bonds. The van der Waals surface area contributed by atoms with Gasteiger partial charge in [0.1, 0.15) is 10.8 Å². The highest BCUT2D eigenvalue weighted by atomic mass is 32.1. The Bertz CT molecular complexity index is 536. The Hall–Kier alpha value is -1.01. The normalized spacial score (nSPS) is 11.9. The third-order valence-electron chi connectivity index (χ3n) is 2.73. The van der Waals surface area contributed by atoms with Crippen molar-refractivity contribution in [2.75, 3.05) is 0 Å². The first-order valence-corrected chi connectivity index (χ1v) is 6.93. The molecule has 4 nitrogen and oxygen atoms in total. The van der Waals surface area contributed by atoms with Gasteiger partial charge < -0.3 is 0 Å². The molecule has 0 atom stereocenters. The fourth-order valence-corrected chi connectivity index (χ4v) is 3.05. The van der Waals surface area contributed by atoms with Crippen LogP contribution in [0.25, 0.3) is 0 Å². The van der Waals surface area contributed by atoms with Crippen molar-refractivity contribution in [1.82, 2.24) is 19.7 Å². The molecular formula is C11H16N4S2. The first-order valence-electron chi connectivity index (χ1n) is 5.64. The highest BCUT2D eigenvalue weighted by Crippen LogP contribution is 2.28. The maximum Gasteiger partial charge on any atom is 0.196 e. The van der Waals surface area contributed by atoms with Crippen LogP contribution in [0.5, 0.6) is 0 Å². The standard InChI is InChI=1S/C11H16N4S2/c1-4-5-8-13-14-10(16)15(8)11(2,3)9-12-6-7-17-9/h6-7H,4-5H2,1-3H3,(H,14,16). The van der Waals surface area contributed by atoms with Crippen molar-refractivity contribution in [3.8, 4) is 0 Å². The van der Waals surface area contributed by atoms with Crippen LogP contribution >= 0.6 is 23.6 Å². The van der Waals surface area contributed by atoms with E-state index in [0.717, 1.165) is 23.7 Å². The molecule has 6 heteroatoms. The fourth-order valence-electron chi connectivity index (χ4n) is 1.92. The van der Waals surface area contributed by atoms with Crippen LogP contribution < -0.4 is 0 Å². The van der Waals surface area contributed by atoms with Gasteiger partial charge in [0.05, 0.1) is 5.54 Å². The highest BCUT2D eigenvalue weighted by Gasteiger charge is 2.29. The summed E-state index contributed by atoms with van der Waals surface area (Å²) in [5, 5.41) is 10.2. The van der Waals surface area contributed by atoms with Crippen LogP contribution in [0.1, 0.15) is 38.0 Å². The first kappa shape index (κ1) is 12.4. The highest BCUT2D eigenvalue weighted by molar-refractivity contribution is 7.71. The molecule has 92 valence electrons. The number of rotatable bonds is 4. The summed E-state index contributed by atoms with van der Waals surface area (Å²) in [6, 6.07) is 0. The minimum absolute atomic E-state index is 0.247. The van der Waals surface area contributed by atoms with E-state index in [1.807, 2.05) is 11.6 Å². The second-order valence-corrected chi connectivity index (χ2v) is 5.71. The van der Waals surface area contributed by atoms with Gasteiger partial charge in [-0.05, 0) is 32.5 Å². The van der Waals surface area contributed by atoms with Gasteiger partial charge in [-0.25, -0.2) is 4.98 Å². The Morgan fingerprint density at radius 2 is 2.29 bits per heavy atom. The molecule has 0 saturated carbocycles. The maximum atomic E-state index is 5.33. The minimum atomic E-state index is -0.247. The summed E-state index contributed by atoms with van der Waals surface area (Å²) < 4.78 is 2.73. The molecule has 2 rings (SSSR count). The second kappa shape index (κ2) is 4.70. The molecule has 0 fully saturated rings. The lowest BCUT2D eigenvalue weighted by Gasteiger charge is -2.25. The van der Waals surface area contributed by atoms with Crippen LogP contribution in [0, 0.1) is 4.77 Å². The molecule has 2 aromatic heterocycles. The smallest absolute Gasteiger partial charge is 0.196 e. The SMILES string of the molecule is CCCc1n[nH]c(=S)n1C(C)(C)c1nccs1. The van der Waals surface area contributed by atoms with Gasteiger partial charge in [0, 0.05) is 18.0 Å². The van der Waals surface area contributed by atoms with Gasteiger partial charge in [-0.3, -0.25) is 9.67 Å². The molecule has 1 N–H and O–H groups in total. The van der Waals surface area contributed by atoms with Gasteiger partial charge >= 0.3 is 0 Å². The molecule has 0 bridgehead atoms. The largest absolute Gasteiger partial charge is 0.292 e. The molecule has 0 radical (unpaired) electrons. The van der Waals surface area contributed by atoms with Crippen LogP contribution in [0.3, 0.4) is 0 Å². The van der Waals surface area contributed by atoms with Crippen LogP contribution in [0.15, 0.2) is 11.6 Å². The number of hydrogen-bond acceptors (Lipinski definition) is 4. The van der Waals surface area contributed by atoms with E-state index in [2.05, 4.69) is 40.5 Å². The summed E-state index contributed by atoms with van der Waals surface area (Å²) >= 11 is 6.97. The third kappa shape index (κ3) is 2.19. The topological polar surface area (TPSA) is 46.5 Å². The van der Waals surface area contributed by atoms with E-state index in [1.165, 1.54) is 0 Å². The average molecular weight is 268 g/mol. The van der Waals surface area contributed by atoms with Crippen LogP contribution in [-0.2, 0) is 12.0 Å². The van der Waals surface area contributed by atoms with Crippen molar-refractivity contribution in [2.24, 2.45) is 0 Å². The molecule has 0 aromatic carbocycles. The first-order chi connectivity index (χ1) is 8.07. The summed E-state index contributed by atoms with van der Waals surface area (Å²) in [6.07, 6.45) is 3.79. The van der Waals surface area contributed by atoms with Crippen molar-refractivity contribution in [3.63, 3.8) is 0 Å². The van der Waals surface area contributed by atoms with Gasteiger partial charge in [0.15, 0.2) is 4.77 Å². The predicted molar refractivity (Wildman–Crippen MR) is 71.9 cm³/mol. The van der Waals surface area contributed by atoms with E-state index in [1.54, 1.807) is 11.3 Å². The number of nitrogens with one attached hydrogen (secondary N) is 1. The molecule has 2 aromatic rings. The summed E-state index contributed by atoms with van der Waals surface area (Å²) in [6.45, 7) is 6.38. The minimum Gasteiger partial charge on any atom is -0.292 e.